The lowest BCUT2D eigenvalue weighted by molar-refractivity contribution is -0.132. The molecule has 2 amide bonds. The molecule has 0 heterocycles. The van der Waals surface area contributed by atoms with Crippen LogP contribution in [0.2, 0.25) is 0 Å². The molecule has 2 aromatic rings. The van der Waals surface area contributed by atoms with Gasteiger partial charge in [-0.3, -0.25) is 14.8 Å². The van der Waals surface area contributed by atoms with Gasteiger partial charge in [0.2, 0.25) is 11.8 Å². The molecule has 0 radical (unpaired) electrons. The van der Waals surface area contributed by atoms with Gasteiger partial charge in [0.15, 0.2) is 0 Å². The van der Waals surface area contributed by atoms with Crippen molar-refractivity contribution < 1.29 is 19.5 Å². The van der Waals surface area contributed by atoms with E-state index in [-0.39, 0.29) is 0 Å². The summed E-state index contributed by atoms with van der Waals surface area (Å²) in [7, 11) is 0. The standard InChI is InChI=1S/C18H18N2O4/c19-17(22)18(10-15(18)16(21)20-23)13-6-8-14(9-7-13)24-11-12-4-2-1-3-5-12/h1-9,15,23H,10-11H2,(H2,19,22)(H,20,21). The molecule has 2 atom stereocenters. The van der Waals surface area contributed by atoms with Gasteiger partial charge in [0.1, 0.15) is 12.4 Å². The molecule has 6 nitrogen and oxygen atoms in total. The molecule has 0 spiro atoms. The van der Waals surface area contributed by atoms with Gasteiger partial charge in [0, 0.05) is 0 Å². The van der Waals surface area contributed by atoms with Crippen molar-refractivity contribution in [2.75, 3.05) is 0 Å². The number of carbonyl (C=O) groups excluding carboxylic acids is 2. The van der Waals surface area contributed by atoms with Crippen molar-refractivity contribution >= 4 is 11.8 Å². The molecule has 1 aliphatic carbocycles. The number of nitrogens with one attached hydrogen (secondary N) is 1. The van der Waals surface area contributed by atoms with Crippen LogP contribution in [0.15, 0.2) is 54.6 Å². The van der Waals surface area contributed by atoms with Crippen molar-refractivity contribution in [3.05, 3.63) is 65.7 Å². The van der Waals surface area contributed by atoms with Crippen LogP contribution in [-0.2, 0) is 21.6 Å². The number of carbonyl (C=O) groups is 2. The number of amides is 2. The summed E-state index contributed by atoms with van der Waals surface area (Å²) in [6.07, 6.45) is 0.291. The second kappa shape index (κ2) is 6.33. The van der Waals surface area contributed by atoms with E-state index in [0.29, 0.717) is 24.3 Å². The Morgan fingerprint density at radius 3 is 2.42 bits per heavy atom. The minimum Gasteiger partial charge on any atom is -0.489 e. The highest BCUT2D eigenvalue weighted by atomic mass is 16.5. The van der Waals surface area contributed by atoms with E-state index in [9.17, 15) is 9.59 Å². The third-order valence-corrected chi connectivity index (χ3v) is 4.44. The highest BCUT2D eigenvalue weighted by Crippen LogP contribution is 2.54. The Labute approximate surface area is 139 Å². The lowest BCUT2D eigenvalue weighted by Gasteiger charge is -2.14. The van der Waals surface area contributed by atoms with Crippen LogP contribution in [0, 0.1) is 5.92 Å². The largest absolute Gasteiger partial charge is 0.489 e. The number of rotatable bonds is 6. The number of hydrogen-bond donors (Lipinski definition) is 3. The van der Waals surface area contributed by atoms with E-state index in [4.69, 9.17) is 15.7 Å². The van der Waals surface area contributed by atoms with Crippen molar-refractivity contribution in [3.63, 3.8) is 0 Å². The van der Waals surface area contributed by atoms with Crippen molar-refractivity contribution in [1.29, 1.82) is 0 Å². The first-order chi connectivity index (χ1) is 11.6. The SMILES string of the molecule is NC(=O)C1(c2ccc(OCc3ccccc3)cc2)CC1C(=O)NO. The molecular formula is C18H18N2O4. The average Bonchev–Trinajstić information content (AvgIpc) is 3.38. The van der Waals surface area contributed by atoms with Crippen LogP contribution in [0.5, 0.6) is 5.75 Å². The van der Waals surface area contributed by atoms with Crippen molar-refractivity contribution in [2.24, 2.45) is 11.7 Å². The van der Waals surface area contributed by atoms with Crippen LogP contribution in [0.3, 0.4) is 0 Å². The van der Waals surface area contributed by atoms with Crippen LogP contribution in [-0.4, -0.2) is 17.0 Å². The molecule has 0 bridgehead atoms. The summed E-state index contributed by atoms with van der Waals surface area (Å²) in [5.74, 6) is -1.16. The van der Waals surface area contributed by atoms with Gasteiger partial charge in [-0.25, -0.2) is 5.48 Å². The number of hydrogen-bond acceptors (Lipinski definition) is 4. The first-order valence-electron chi connectivity index (χ1n) is 7.59. The van der Waals surface area contributed by atoms with Crippen molar-refractivity contribution in [3.8, 4) is 5.75 Å². The third-order valence-electron chi connectivity index (χ3n) is 4.44. The number of benzene rings is 2. The first-order valence-corrected chi connectivity index (χ1v) is 7.59. The topological polar surface area (TPSA) is 102 Å². The van der Waals surface area contributed by atoms with Gasteiger partial charge in [0.25, 0.3) is 0 Å². The monoisotopic (exact) mass is 326 g/mol. The quantitative estimate of drug-likeness (QED) is 0.553. The molecule has 0 saturated heterocycles. The Morgan fingerprint density at radius 1 is 1.17 bits per heavy atom. The average molecular weight is 326 g/mol. The zero-order valence-corrected chi connectivity index (χ0v) is 12.9. The van der Waals surface area contributed by atoms with E-state index in [1.165, 1.54) is 0 Å². The fraction of sp³-hybridized carbons (Fsp3) is 0.222. The molecule has 2 aromatic carbocycles. The Kier molecular flexibility index (Phi) is 4.22. The highest BCUT2D eigenvalue weighted by molar-refractivity contribution is 5.99. The summed E-state index contributed by atoms with van der Waals surface area (Å²) in [6, 6.07) is 16.7. The predicted molar refractivity (Wildman–Crippen MR) is 86.1 cm³/mol. The maximum Gasteiger partial charge on any atom is 0.247 e. The second-order valence-electron chi connectivity index (χ2n) is 5.87. The molecule has 2 unspecified atom stereocenters. The molecule has 0 aliphatic heterocycles. The van der Waals surface area contributed by atoms with Crippen LogP contribution < -0.4 is 16.0 Å². The minimum absolute atomic E-state index is 0.291. The van der Waals surface area contributed by atoms with E-state index >= 15 is 0 Å². The molecule has 1 saturated carbocycles. The summed E-state index contributed by atoms with van der Waals surface area (Å²) < 4.78 is 5.70. The van der Waals surface area contributed by atoms with Gasteiger partial charge >= 0.3 is 0 Å². The summed E-state index contributed by atoms with van der Waals surface area (Å²) in [4.78, 5) is 23.4. The van der Waals surface area contributed by atoms with E-state index in [1.807, 2.05) is 30.3 Å². The molecule has 1 fully saturated rings. The Morgan fingerprint density at radius 2 is 1.83 bits per heavy atom. The zero-order chi connectivity index (χ0) is 17.2. The Balaban J connectivity index is 1.72. The summed E-state index contributed by atoms with van der Waals surface area (Å²) in [5, 5.41) is 8.76. The summed E-state index contributed by atoms with van der Waals surface area (Å²) in [5.41, 5.74) is 7.72. The van der Waals surface area contributed by atoms with Gasteiger partial charge in [-0.2, -0.15) is 0 Å². The van der Waals surface area contributed by atoms with Crippen LogP contribution in [0.4, 0.5) is 0 Å². The third kappa shape index (κ3) is 2.83. The second-order valence-corrected chi connectivity index (χ2v) is 5.87. The number of hydroxylamine groups is 1. The molecule has 24 heavy (non-hydrogen) atoms. The molecule has 124 valence electrons. The van der Waals surface area contributed by atoms with Gasteiger partial charge in [-0.05, 0) is 29.7 Å². The normalized spacial score (nSPS) is 21.8. The summed E-state index contributed by atoms with van der Waals surface area (Å²) in [6.45, 7) is 0.441. The van der Waals surface area contributed by atoms with E-state index in [1.54, 1.807) is 29.7 Å². The van der Waals surface area contributed by atoms with Crippen LogP contribution >= 0.6 is 0 Å². The molecule has 6 heteroatoms. The number of ether oxygens (including phenoxy) is 1. The maximum absolute atomic E-state index is 11.8. The van der Waals surface area contributed by atoms with Crippen LogP contribution in [0.25, 0.3) is 0 Å². The van der Waals surface area contributed by atoms with Gasteiger partial charge in [-0.15, -0.1) is 0 Å². The van der Waals surface area contributed by atoms with Gasteiger partial charge in [0.05, 0.1) is 11.3 Å². The lowest BCUT2D eigenvalue weighted by atomic mass is 9.92. The molecular weight excluding hydrogens is 308 g/mol. The molecule has 4 N–H and O–H groups in total. The lowest BCUT2D eigenvalue weighted by Crippen LogP contribution is -2.35. The van der Waals surface area contributed by atoms with E-state index in [2.05, 4.69) is 0 Å². The molecule has 0 aromatic heterocycles. The minimum atomic E-state index is -1.05. The maximum atomic E-state index is 11.8. The van der Waals surface area contributed by atoms with Gasteiger partial charge in [-0.1, -0.05) is 42.5 Å². The van der Waals surface area contributed by atoms with Crippen molar-refractivity contribution in [2.45, 2.75) is 18.4 Å². The Hall–Kier alpha value is -2.86. The van der Waals surface area contributed by atoms with Crippen LogP contribution in [0.1, 0.15) is 17.5 Å². The highest BCUT2D eigenvalue weighted by Gasteiger charge is 2.63. The van der Waals surface area contributed by atoms with Gasteiger partial charge < -0.3 is 10.5 Å². The predicted octanol–water partition coefficient (Wildman–Crippen LogP) is 1.51. The zero-order valence-electron chi connectivity index (χ0n) is 12.9. The molecule has 1 aliphatic rings. The fourth-order valence-electron chi connectivity index (χ4n) is 2.98. The summed E-state index contributed by atoms with van der Waals surface area (Å²) >= 11 is 0. The smallest absolute Gasteiger partial charge is 0.247 e. The van der Waals surface area contributed by atoms with E-state index in [0.717, 1.165) is 5.56 Å². The number of nitrogens with two attached hydrogens (primary N) is 1. The fourth-order valence-corrected chi connectivity index (χ4v) is 2.98. The molecule has 3 rings (SSSR count). The Bertz CT molecular complexity index is 745. The van der Waals surface area contributed by atoms with E-state index < -0.39 is 23.1 Å². The van der Waals surface area contributed by atoms with Crippen molar-refractivity contribution in [1.82, 2.24) is 5.48 Å². The number of primary amides is 1. The first kappa shape index (κ1) is 16.0.